The molecule has 0 spiro atoms. The molecule has 3 atom stereocenters. The first-order valence-corrected chi connectivity index (χ1v) is 13.2. The number of ketones is 2. The monoisotopic (exact) mass is 551 g/mol. The fraction of sp³-hybridized carbons (Fsp3) is 0.233. The van der Waals surface area contributed by atoms with E-state index >= 15 is 0 Å². The summed E-state index contributed by atoms with van der Waals surface area (Å²) in [5.41, 5.74) is 2.89. The molecule has 206 valence electrons. The lowest BCUT2D eigenvalue weighted by Gasteiger charge is -2.22. The summed E-state index contributed by atoms with van der Waals surface area (Å²) in [4.78, 5) is 50.2. The fourth-order valence-corrected chi connectivity index (χ4v) is 6.06. The highest BCUT2D eigenvalue weighted by Crippen LogP contribution is 2.40. The number of nitrogens with one attached hydrogen (secondary N) is 2. The normalized spacial score (nSPS) is 20.7. The van der Waals surface area contributed by atoms with Crippen molar-refractivity contribution in [2.24, 2.45) is 0 Å². The molecule has 5 aromatic rings. The van der Waals surface area contributed by atoms with Crippen molar-refractivity contribution in [1.29, 1.82) is 0 Å². The standard InChI is InChI=1S/C30H25N5O6/c1-13-15-5-3-4-6-16(15)14(2)24-17(13)7-8-18-25(24)19(9-21(38)27(18)39)32-30-33-28-26(29(40)34-30)31-12-35(28)23-10-20(37)22(11-36)41-23/h3-9,12,20,22-23,36-37H,10-11H2,1-2H3,(H2,32,33,34,40)/t20-,22+,23+/m0/s1. The number of Topliss-reactive ketones (excluding diaryl/α,β-unsaturated/α-hetero) is 1. The van der Waals surface area contributed by atoms with E-state index in [1.165, 1.54) is 17.0 Å². The molecular weight excluding hydrogens is 526 g/mol. The number of rotatable bonds is 4. The summed E-state index contributed by atoms with van der Waals surface area (Å²) in [7, 11) is 0. The van der Waals surface area contributed by atoms with Crippen molar-refractivity contribution in [2.45, 2.75) is 38.7 Å². The van der Waals surface area contributed by atoms with E-state index in [1.807, 2.05) is 38.1 Å². The number of aliphatic hydroxyl groups excluding tert-OH is 2. The Hall–Kier alpha value is -4.71. The van der Waals surface area contributed by atoms with E-state index in [0.717, 1.165) is 32.7 Å². The molecule has 3 aromatic carbocycles. The number of nitrogens with zero attached hydrogens (tertiary/aromatic N) is 3. The van der Waals surface area contributed by atoms with Crippen LogP contribution in [0.3, 0.4) is 0 Å². The van der Waals surface area contributed by atoms with Gasteiger partial charge in [0.05, 0.1) is 24.7 Å². The molecule has 11 nitrogen and oxygen atoms in total. The van der Waals surface area contributed by atoms with E-state index in [4.69, 9.17) is 4.74 Å². The summed E-state index contributed by atoms with van der Waals surface area (Å²) in [5, 5.41) is 26.7. The number of anilines is 1. The van der Waals surface area contributed by atoms with E-state index in [0.29, 0.717) is 11.3 Å². The summed E-state index contributed by atoms with van der Waals surface area (Å²) >= 11 is 0. The number of aromatic nitrogens is 4. The molecule has 1 aliphatic heterocycles. The van der Waals surface area contributed by atoms with Crippen molar-refractivity contribution in [1.82, 2.24) is 19.5 Å². The molecule has 2 aliphatic rings. The zero-order valence-corrected chi connectivity index (χ0v) is 22.1. The molecule has 1 saturated heterocycles. The molecule has 4 N–H and O–H groups in total. The van der Waals surface area contributed by atoms with E-state index in [9.17, 15) is 24.6 Å². The van der Waals surface area contributed by atoms with Crippen LogP contribution in [0.5, 0.6) is 0 Å². The second-order valence-corrected chi connectivity index (χ2v) is 10.4. The van der Waals surface area contributed by atoms with Crippen molar-refractivity contribution in [3.8, 4) is 0 Å². The molecule has 0 amide bonds. The van der Waals surface area contributed by atoms with E-state index in [2.05, 4.69) is 26.3 Å². The number of aliphatic hydroxyl groups is 2. The third-order valence-electron chi connectivity index (χ3n) is 8.11. The number of H-pyrrole nitrogens is 1. The van der Waals surface area contributed by atoms with Gasteiger partial charge in [-0.15, -0.1) is 0 Å². The lowest BCUT2D eigenvalue weighted by atomic mass is 9.83. The highest BCUT2D eigenvalue weighted by Gasteiger charge is 2.36. The zero-order valence-electron chi connectivity index (χ0n) is 22.1. The van der Waals surface area contributed by atoms with Crippen molar-refractivity contribution in [2.75, 3.05) is 11.9 Å². The fourth-order valence-electron chi connectivity index (χ4n) is 6.06. The van der Waals surface area contributed by atoms with Crippen LogP contribution in [0.2, 0.25) is 0 Å². The Labute approximate surface area is 232 Å². The number of aromatic amines is 1. The second-order valence-electron chi connectivity index (χ2n) is 10.4. The Morgan fingerprint density at radius 2 is 1.83 bits per heavy atom. The number of aryl methyl sites for hydroxylation is 2. The molecule has 0 radical (unpaired) electrons. The molecule has 11 heteroatoms. The topological polar surface area (TPSA) is 159 Å². The molecule has 41 heavy (non-hydrogen) atoms. The van der Waals surface area contributed by atoms with Gasteiger partial charge in [0, 0.05) is 23.6 Å². The van der Waals surface area contributed by atoms with Gasteiger partial charge in [0.2, 0.25) is 17.5 Å². The number of allylic oxidation sites excluding steroid dienone is 1. The van der Waals surface area contributed by atoms with Crippen LogP contribution in [0, 0.1) is 13.8 Å². The zero-order chi connectivity index (χ0) is 28.6. The summed E-state index contributed by atoms with van der Waals surface area (Å²) in [6.45, 7) is 3.66. The summed E-state index contributed by atoms with van der Waals surface area (Å²) in [6.07, 6.45) is 0.479. The van der Waals surface area contributed by atoms with Crippen LogP contribution in [-0.4, -0.2) is 60.1 Å². The maximum atomic E-state index is 13.0. The molecule has 0 saturated carbocycles. The van der Waals surface area contributed by atoms with Crippen molar-refractivity contribution < 1.29 is 24.5 Å². The third-order valence-corrected chi connectivity index (χ3v) is 8.11. The van der Waals surface area contributed by atoms with Gasteiger partial charge in [-0.1, -0.05) is 30.3 Å². The highest BCUT2D eigenvalue weighted by molar-refractivity contribution is 6.51. The predicted molar refractivity (Wildman–Crippen MR) is 152 cm³/mol. The maximum absolute atomic E-state index is 13.0. The van der Waals surface area contributed by atoms with Crippen LogP contribution in [0.1, 0.15) is 39.7 Å². The Bertz CT molecular complexity index is 2040. The lowest BCUT2D eigenvalue weighted by molar-refractivity contribution is -0.111. The summed E-state index contributed by atoms with van der Waals surface area (Å²) in [6, 6.07) is 11.6. The molecule has 1 fully saturated rings. The van der Waals surface area contributed by atoms with Crippen LogP contribution in [-0.2, 0) is 9.53 Å². The molecule has 7 rings (SSSR count). The van der Waals surface area contributed by atoms with Gasteiger partial charge in [0.15, 0.2) is 11.2 Å². The van der Waals surface area contributed by atoms with E-state index in [-0.39, 0.29) is 35.7 Å². The van der Waals surface area contributed by atoms with Crippen LogP contribution in [0.25, 0.3) is 38.4 Å². The van der Waals surface area contributed by atoms with Crippen LogP contribution >= 0.6 is 0 Å². The SMILES string of the molecule is Cc1c2ccccc2c(C)c2c3c(ccc12)C(=O)C(=O)C=C3Nc1nc2c(ncn2[C@H]2C[C@H](O)[C@@H](CO)O2)c(=O)[nH]1. The third kappa shape index (κ3) is 3.74. The molecule has 2 aromatic heterocycles. The predicted octanol–water partition coefficient (Wildman–Crippen LogP) is 2.90. The average molecular weight is 552 g/mol. The van der Waals surface area contributed by atoms with Crippen LogP contribution in [0.15, 0.2) is 53.6 Å². The minimum Gasteiger partial charge on any atom is -0.394 e. The minimum atomic E-state index is -0.884. The van der Waals surface area contributed by atoms with E-state index < -0.39 is 35.6 Å². The van der Waals surface area contributed by atoms with Gasteiger partial charge in [-0.2, -0.15) is 4.98 Å². The number of hydrogen-bond acceptors (Lipinski definition) is 9. The highest BCUT2D eigenvalue weighted by atomic mass is 16.5. The van der Waals surface area contributed by atoms with E-state index in [1.54, 1.807) is 6.07 Å². The number of carbonyl (C=O) groups is 2. The van der Waals surface area contributed by atoms with Gasteiger partial charge in [0.1, 0.15) is 12.3 Å². The Balaban J connectivity index is 1.39. The largest absolute Gasteiger partial charge is 0.394 e. The van der Waals surface area contributed by atoms with Gasteiger partial charge in [-0.25, -0.2) is 4.98 Å². The Kier molecular flexibility index (Phi) is 5.65. The Morgan fingerprint density at radius 3 is 2.56 bits per heavy atom. The quantitative estimate of drug-likeness (QED) is 0.195. The lowest BCUT2D eigenvalue weighted by Crippen LogP contribution is -2.24. The number of hydrogen-bond donors (Lipinski definition) is 4. The van der Waals surface area contributed by atoms with Gasteiger partial charge in [-0.05, 0) is 52.6 Å². The summed E-state index contributed by atoms with van der Waals surface area (Å²) in [5.74, 6) is -1.26. The van der Waals surface area contributed by atoms with Gasteiger partial charge >= 0.3 is 0 Å². The van der Waals surface area contributed by atoms with Crippen molar-refractivity contribution >= 4 is 55.9 Å². The second kappa shape index (κ2) is 9.16. The minimum absolute atomic E-state index is 0.0352. The van der Waals surface area contributed by atoms with Gasteiger partial charge in [0.25, 0.3) is 5.56 Å². The molecule has 3 heterocycles. The van der Waals surface area contributed by atoms with Crippen LogP contribution in [0.4, 0.5) is 5.95 Å². The molecular formula is C30H25N5O6. The number of fused-ring (bicyclic) bond motifs is 5. The maximum Gasteiger partial charge on any atom is 0.280 e. The summed E-state index contributed by atoms with van der Waals surface area (Å²) < 4.78 is 7.27. The number of ether oxygens (including phenoxy) is 1. The van der Waals surface area contributed by atoms with Gasteiger partial charge in [-0.3, -0.25) is 23.9 Å². The number of imidazole rings is 1. The smallest absolute Gasteiger partial charge is 0.280 e. The molecule has 0 bridgehead atoms. The number of benzene rings is 3. The molecule has 1 aliphatic carbocycles. The van der Waals surface area contributed by atoms with Gasteiger partial charge < -0.3 is 20.3 Å². The van der Waals surface area contributed by atoms with Crippen molar-refractivity contribution in [3.05, 3.63) is 81.4 Å². The molecule has 0 unspecified atom stereocenters. The first-order chi connectivity index (χ1) is 19.8. The number of carbonyl (C=O) groups excluding carboxylic acids is 2. The Morgan fingerprint density at radius 1 is 1.07 bits per heavy atom. The van der Waals surface area contributed by atoms with Crippen LogP contribution < -0.4 is 10.9 Å². The first kappa shape index (κ1) is 25.3. The average Bonchev–Trinajstić information content (AvgIpc) is 3.57. The first-order valence-electron chi connectivity index (χ1n) is 13.2. The van der Waals surface area contributed by atoms with Crippen molar-refractivity contribution in [3.63, 3.8) is 0 Å².